The molecule has 0 rings (SSSR count). The van der Waals surface area contributed by atoms with Crippen molar-refractivity contribution in [2.45, 2.75) is 78.5 Å². The zero-order valence-electron chi connectivity index (χ0n) is 11.8. The quantitative estimate of drug-likeness (QED) is 0.529. The largest absolute Gasteiger partial charge is 0.395 e. The van der Waals surface area contributed by atoms with Gasteiger partial charge in [-0.2, -0.15) is 0 Å². The first-order chi connectivity index (χ1) is 7.58. The Morgan fingerprint density at radius 2 is 1.69 bits per heavy atom. The van der Waals surface area contributed by atoms with Gasteiger partial charge in [0.05, 0.1) is 0 Å². The van der Waals surface area contributed by atoms with E-state index in [-0.39, 0.29) is 0 Å². The predicted octanol–water partition coefficient (Wildman–Crippen LogP) is 4.49. The molecule has 2 atom stereocenters. The highest BCUT2D eigenvalue weighted by Crippen LogP contribution is 2.20. The molecule has 0 saturated heterocycles. The van der Waals surface area contributed by atoms with Gasteiger partial charge in [0.15, 0.2) is 0 Å². The van der Waals surface area contributed by atoms with Gasteiger partial charge < -0.3 is 8.85 Å². The van der Waals surface area contributed by atoms with E-state index in [2.05, 4.69) is 34.2 Å². The van der Waals surface area contributed by atoms with E-state index in [4.69, 9.17) is 8.85 Å². The molecule has 0 aromatic carbocycles. The highest BCUT2D eigenvalue weighted by atomic mass is 28.4. The molecule has 0 amide bonds. The molecular weight excluding hydrogens is 216 g/mol. The van der Waals surface area contributed by atoms with E-state index < -0.39 is 8.56 Å². The second-order valence-corrected chi connectivity index (χ2v) is 8.03. The first kappa shape index (κ1) is 16.1. The molecule has 0 N–H and O–H groups in total. The fourth-order valence-electron chi connectivity index (χ4n) is 1.94. The van der Waals surface area contributed by atoms with Gasteiger partial charge in [-0.05, 0) is 32.9 Å². The van der Waals surface area contributed by atoms with Gasteiger partial charge in [0, 0.05) is 12.7 Å². The first-order valence-corrected chi connectivity index (χ1v) is 9.42. The maximum Gasteiger partial charge on any atom is 0.335 e. The molecule has 0 aliphatic rings. The molecule has 0 aromatic rings. The minimum absolute atomic E-state index is 0.361. The van der Waals surface area contributed by atoms with E-state index in [9.17, 15) is 0 Å². The Bertz CT molecular complexity index is 164. The van der Waals surface area contributed by atoms with Crippen LogP contribution in [0.5, 0.6) is 0 Å². The van der Waals surface area contributed by atoms with Crippen molar-refractivity contribution in [3.05, 3.63) is 0 Å². The Balaban J connectivity index is 4.07. The maximum atomic E-state index is 6.20. The number of hydrogen-bond acceptors (Lipinski definition) is 2. The van der Waals surface area contributed by atoms with Crippen molar-refractivity contribution in [1.29, 1.82) is 0 Å². The van der Waals surface area contributed by atoms with Gasteiger partial charge in [-0.3, -0.25) is 0 Å². The molecular formula is C13H30O2Si. The van der Waals surface area contributed by atoms with Gasteiger partial charge in [0.25, 0.3) is 0 Å². The molecule has 16 heavy (non-hydrogen) atoms. The molecule has 0 fully saturated rings. The Hall–Kier alpha value is 0.137. The Morgan fingerprint density at radius 3 is 2.19 bits per heavy atom. The smallest absolute Gasteiger partial charge is 0.335 e. The van der Waals surface area contributed by atoms with Crippen molar-refractivity contribution in [1.82, 2.24) is 0 Å². The number of hydrogen-bond donors (Lipinski definition) is 0. The normalized spacial score (nSPS) is 17.1. The van der Waals surface area contributed by atoms with Crippen molar-refractivity contribution in [2.75, 3.05) is 6.61 Å². The summed E-state index contributed by atoms with van der Waals surface area (Å²) in [6, 6.07) is 1.13. The highest BCUT2D eigenvalue weighted by molar-refractivity contribution is 6.66. The molecule has 0 spiro atoms. The van der Waals surface area contributed by atoms with E-state index in [1.165, 1.54) is 25.7 Å². The average Bonchev–Trinajstić information content (AvgIpc) is 2.24. The number of unbranched alkanes of at least 4 members (excludes halogenated alkanes) is 2. The molecule has 0 bridgehead atoms. The Morgan fingerprint density at radius 1 is 1.06 bits per heavy atom. The second-order valence-electron chi connectivity index (χ2n) is 4.74. The summed E-state index contributed by atoms with van der Waals surface area (Å²) in [7, 11) is -1.88. The van der Waals surface area contributed by atoms with Crippen LogP contribution in [0.25, 0.3) is 0 Å². The van der Waals surface area contributed by atoms with E-state index in [1.54, 1.807) is 0 Å². The van der Waals surface area contributed by atoms with E-state index >= 15 is 0 Å². The number of rotatable bonds is 10. The van der Waals surface area contributed by atoms with Gasteiger partial charge in [0.2, 0.25) is 0 Å². The molecule has 0 heterocycles. The minimum Gasteiger partial charge on any atom is -0.395 e. The third-order valence-electron chi connectivity index (χ3n) is 2.85. The summed E-state index contributed by atoms with van der Waals surface area (Å²) >= 11 is 0. The molecule has 0 saturated carbocycles. The highest BCUT2D eigenvalue weighted by Gasteiger charge is 2.32. The summed E-state index contributed by atoms with van der Waals surface area (Å²) in [5.74, 6) is 0. The van der Waals surface area contributed by atoms with Gasteiger partial charge in [-0.15, -0.1) is 0 Å². The van der Waals surface area contributed by atoms with Gasteiger partial charge in [-0.25, -0.2) is 0 Å². The van der Waals surface area contributed by atoms with Crippen LogP contribution >= 0.6 is 0 Å². The topological polar surface area (TPSA) is 18.5 Å². The fraction of sp³-hybridized carbons (Fsp3) is 1.00. The van der Waals surface area contributed by atoms with Gasteiger partial charge in [-0.1, -0.05) is 39.5 Å². The summed E-state index contributed by atoms with van der Waals surface area (Å²) in [6.07, 6.45) is 6.48. The van der Waals surface area contributed by atoms with Crippen LogP contribution in [0.4, 0.5) is 0 Å². The van der Waals surface area contributed by atoms with E-state index in [1.807, 2.05) is 0 Å². The van der Waals surface area contributed by atoms with Crippen LogP contribution < -0.4 is 0 Å². The molecule has 0 aliphatic heterocycles. The SMILES string of the molecule is CCCCC(C)O[Si](C)(CCCC)OCC. The van der Waals surface area contributed by atoms with Crippen LogP contribution in [0.2, 0.25) is 12.6 Å². The Kier molecular flexibility index (Phi) is 9.28. The van der Waals surface area contributed by atoms with Gasteiger partial charge >= 0.3 is 8.56 Å². The molecule has 0 aromatic heterocycles. The van der Waals surface area contributed by atoms with Crippen LogP contribution in [-0.4, -0.2) is 21.3 Å². The van der Waals surface area contributed by atoms with E-state index in [0.717, 1.165) is 19.1 Å². The second kappa shape index (κ2) is 9.20. The standard InChI is InChI=1S/C13H30O2Si/c1-6-9-11-13(4)15-16(5,14-8-3)12-10-7-2/h13H,6-12H2,1-5H3. The summed E-state index contributed by atoms with van der Waals surface area (Å²) < 4.78 is 12.1. The van der Waals surface area contributed by atoms with Crippen molar-refractivity contribution < 1.29 is 8.85 Å². The van der Waals surface area contributed by atoms with E-state index in [0.29, 0.717) is 6.10 Å². The Labute approximate surface area is 103 Å². The molecule has 3 heteroatoms. The van der Waals surface area contributed by atoms with Crippen LogP contribution in [-0.2, 0) is 8.85 Å². The molecule has 0 radical (unpaired) electrons. The summed E-state index contributed by atoms with van der Waals surface area (Å²) in [4.78, 5) is 0. The van der Waals surface area contributed by atoms with Crippen LogP contribution in [0.15, 0.2) is 0 Å². The van der Waals surface area contributed by atoms with Crippen molar-refractivity contribution in [2.24, 2.45) is 0 Å². The van der Waals surface area contributed by atoms with Crippen LogP contribution in [0, 0.1) is 0 Å². The average molecular weight is 246 g/mol. The van der Waals surface area contributed by atoms with Crippen LogP contribution in [0.1, 0.15) is 59.8 Å². The van der Waals surface area contributed by atoms with Gasteiger partial charge in [0.1, 0.15) is 0 Å². The monoisotopic (exact) mass is 246 g/mol. The molecule has 98 valence electrons. The lowest BCUT2D eigenvalue weighted by Gasteiger charge is -2.30. The summed E-state index contributed by atoms with van der Waals surface area (Å²) in [6.45, 7) is 11.7. The first-order valence-electron chi connectivity index (χ1n) is 6.89. The third kappa shape index (κ3) is 7.42. The lowest BCUT2D eigenvalue weighted by atomic mass is 10.2. The summed E-state index contributed by atoms with van der Waals surface area (Å²) in [5.41, 5.74) is 0. The fourth-order valence-corrected chi connectivity index (χ4v) is 4.85. The lowest BCUT2D eigenvalue weighted by molar-refractivity contribution is 0.123. The van der Waals surface area contributed by atoms with Crippen molar-refractivity contribution >= 4 is 8.56 Å². The third-order valence-corrected chi connectivity index (χ3v) is 5.91. The summed E-state index contributed by atoms with van der Waals surface area (Å²) in [5, 5.41) is 0. The van der Waals surface area contributed by atoms with Crippen LogP contribution in [0.3, 0.4) is 0 Å². The van der Waals surface area contributed by atoms with Crippen molar-refractivity contribution in [3.63, 3.8) is 0 Å². The minimum atomic E-state index is -1.88. The van der Waals surface area contributed by atoms with Crippen molar-refractivity contribution in [3.8, 4) is 0 Å². The molecule has 2 unspecified atom stereocenters. The zero-order valence-corrected chi connectivity index (χ0v) is 12.8. The lowest BCUT2D eigenvalue weighted by Crippen LogP contribution is -2.41. The molecule has 0 aliphatic carbocycles. The molecule has 2 nitrogen and oxygen atoms in total. The maximum absolute atomic E-state index is 6.20. The zero-order chi connectivity index (χ0) is 12.4. The predicted molar refractivity (Wildman–Crippen MR) is 73.0 cm³/mol.